The first kappa shape index (κ1) is 19.7. The van der Waals surface area contributed by atoms with E-state index < -0.39 is 11.7 Å². The second kappa shape index (κ2) is 8.33. The molecule has 0 N–H and O–H groups in total. The molecule has 144 valence electrons. The fourth-order valence-electron chi connectivity index (χ4n) is 2.95. The summed E-state index contributed by atoms with van der Waals surface area (Å²) in [6.07, 6.45) is -2.31. The molecule has 0 unspecified atom stereocenters. The van der Waals surface area contributed by atoms with E-state index in [1.807, 2.05) is 11.0 Å². The predicted octanol–water partition coefficient (Wildman–Crippen LogP) is 5.26. The van der Waals surface area contributed by atoms with Gasteiger partial charge >= 0.3 is 6.18 Å². The topological polar surface area (TPSA) is 33.2 Å². The SMILES string of the molecule is CC1CCN(C(=O)c2cccc(CSc3ccc(C(F)(F)F)cc3)n2)CC1. The van der Waals surface area contributed by atoms with E-state index in [1.54, 1.807) is 12.1 Å². The molecule has 1 aromatic heterocycles. The van der Waals surface area contributed by atoms with Crippen molar-refractivity contribution in [2.45, 2.75) is 36.6 Å². The third-order valence-corrected chi connectivity index (χ3v) is 5.71. The normalized spacial score (nSPS) is 15.8. The van der Waals surface area contributed by atoms with Crippen molar-refractivity contribution < 1.29 is 18.0 Å². The van der Waals surface area contributed by atoms with E-state index in [0.717, 1.165) is 48.7 Å². The molecule has 7 heteroatoms. The fourth-order valence-corrected chi connectivity index (χ4v) is 3.75. The minimum atomic E-state index is -4.33. The molecule has 1 amide bonds. The van der Waals surface area contributed by atoms with Gasteiger partial charge in [-0.25, -0.2) is 4.98 Å². The quantitative estimate of drug-likeness (QED) is 0.663. The maximum Gasteiger partial charge on any atom is 0.416 e. The summed E-state index contributed by atoms with van der Waals surface area (Å²) in [6.45, 7) is 3.71. The van der Waals surface area contributed by atoms with Crippen molar-refractivity contribution >= 4 is 17.7 Å². The largest absolute Gasteiger partial charge is 0.416 e. The van der Waals surface area contributed by atoms with Gasteiger partial charge in [0.2, 0.25) is 0 Å². The van der Waals surface area contributed by atoms with Crippen LogP contribution in [0.15, 0.2) is 47.4 Å². The highest BCUT2D eigenvalue weighted by Crippen LogP contribution is 2.31. The molecular weight excluding hydrogens is 373 g/mol. The number of piperidine rings is 1. The van der Waals surface area contributed by atoms with Gasteiger partial charge in [-0.3, -0.25) is 4.79 Å². The molecule has 0 radical (unpaired) electrons. The number of carbonyl (C=O) groups is 1. The molecule has 0 spiro atoms. The number of aromatic nitrogens is 1. The molecular formula is C20H21F3N2OS. The van der Waals surface area contributed by atoms with Crippen LogP contribution in [-0.4, -0.2) is 28.9 Å². The molecule has 3 nitrogen and oxygen atoms in total. The first-order valence-electron chi connectivity index (χ1n) is 8.88. The zero-order valence-corrected chi connectivity index (χ0v) is 15.8. The van der Waals surface area contributed by atoms with E-state index in [2.05, 4.69) is 11.9 Å². The van der Waals surface area contributed by atoms with Gasteiger partial charge in [-0.05, 0) is 55.2 Å². The second-order valence-corrected chi connectivity index (χ2v) is 7.85. The highest BCUT2D eigenvalue weighted by molar-refractivity contribution is 7.98. The smallest absolute Gasteiger partial charge is 0.337 e. The van der Waals surface area contributed by atoms with Gasteiger partial charge in [0, 0.05) is 23.7 Å². The molecule has 27 heavy (non-hydrogen) atoms. The van der Waals surface area contributed by atoms with Crippen molar-refractivity contribution in [1.82, 2.24) is 9.88 Å². The van der Waals surface area contributed by atoms with Gasteiger partial charge in [-0.1, -0.05) is 13.0 Å². The average Bonchev–Trinajstić information content (AvgIpc) is 2.66. The fraction of sp³-hybridized carbons (Fsp3) is 0.400. The minimum absolute atomic E-state index is 0.0525. The number of alkyl halides is 3. The lowest BCUT2D eigenvalue weighted by Gasteiger charge is -2.30. The van der Waals surface area contributed by atoms with E-state index in [4.69, 9.17) is 0 Å². The van der Waals surface area contributed by atoms with E-state index in [1.165, 1.54) is 23.9 Å². The Balaban J connectivity index is 1.61. The van der Waals surface area contributed by atoms with Crippen LogP contribution in [0.2, 0.25) is 0 Å². The molecule has 0 saturated carbocycles. The van der Waals surface area contributed by atoms with Crippen LogP contribution in [0.5, 0.6) is 0 Å². The number of hydrogen-bond acceptors (Lipinski definition) is 3. The number of nitrogens with zero attached hydrogens (tertiary/aromatic N) is 2. The van der Waals surface area contributed by atoms with Crippen molar-refractivity contribution in [2.24, 2.45) is 5.92 Å². The van der Waals surface area contributed by atoms with Crippen LogP contribution in [0.4, 0.5) is 13.2 Å². The third kappa shape index (κ3) is 5.25. The zero-order valence-electron chi connectivity index (χ0n) is 15.0. The molecule has 3 rings (SSSR count). The zero-order chi connectivity index (χ0) is 19.4. The van der Waals surface area contributed by atoms with Gasteiger partial charge in [0.25, 0.3) is 5.91 Å². The standard InChI is InChI=1S/C20H21F3N2OS/c1-14-9-11-25(12-10-14)19(26)18-4-2-3-16(24-18)13-27-17-7-5-15(6-8-17)20(21,22)23/h2-8,14H,9-13H2,1H3. The van der Waals surface area contributed by atoms with E-state index in [0.29, 0.717) is 17.4 Å². The molecule has 1 saturated heterocycles. The molecule has 1 aliphatic rings. The Bertz CT molecular complexity index is 785. The first-order valence-corrected chi connectivity index (χ1v) is 9.87. The van der Waals surface area contributed by atoms with Gasteiger partial charge in [0.15, 0.2) is 0 Å². The van der Waals surface area contributed by atoms with Crippen LogP contribution in [0.25, 0.3) is 0 Å². The minimum Gasteiger partial charge on any atom is -0.337 e. The lowest BCUT2D eigenvalue weighted by Crippen LogP contribution is -2.38. The Labute approximate surface area is 161 Å². The Morgan fingerprint density at radius 2 is 1.81 bits per heavy atom. The number of halogens is 3. The van der Waals surface area contributed by atoms with Gasteiger partial charge in [-0.2, -0.15) is 13.2 Å². The van der Waals surface area contributed by atoms with Crippen molar-refractivity contribution in [3.8, 4) is 0 Å². The summed E-state index contributed by atoms with van der Waals surface area (Å²) in [5, 5.41) is 0. The summed E-state index contributed by atoms with van der Waals surface area (Å²) in [5.74, 6) is 1.08. The highest BCUT2D eigenvalue weighted by Gasteiger charge is 2.30. The molecule has 1 aliphatic heterocycles. The number of benzene rings is 1. The summed E-state index contributed by atoms with van der Waals surface area (Å²) in [6, 6.07) is 10.4. The lowest BCUT2D eigenvalue weighted by molar-refractivity contribution is -0.137. The molecule has 1 aromatic carbocycles. The number of amides is 1. The number of pyridine rings is 1. The second-order valence-electron chi connectivity index (χ2n) is 6.80. The van der Waals surface area contributed by atoms with Gasteiger partial charge < -0.3 is 4.90 Å². The predicted molar refractivity (Wildman–Crippen MR) is 99.5 cm³/mol. The summed E-state index contributed by atoms with van der Waals surface area (Å²) >= 11 is 1.39. The average molecular weight is 394 g/mol. The van der Waals surface area contributed by atoms with Crippen LogP contribution in [-0.2, 0) is 11.9 Å². The molecule has 2 heterocycles. The van der Waals surface area contributed by atoms with Crippen LogP contribution < -0.4 is 0 Å². The summed E-state index contributed by atoms with van der Waals surface area (Å²) < 4.78 is 37.8. The third-order valence-electron chi connectivity index (χ3n) is 4.67. The Morgan fingerprint density at radius 3 is 2.44 bits per heavy atom. The van der Waals surface area contributed by atoms with Crippen LogP contribution >= 0.6 is 11.8 Å². The molecule has 1 fully saturated rings. The Morgan fingerprint density at radius 1 is 1.15 bits per heavy atom. The van der Waals surface area contributed by atoms with Crippen LogP contribution in [0, 0.1) is 5.92 Å². The van der Waals surface area contributed by atoms with E-state index in [9.17, 15) is 18.0 Å². The summed E-state index contributed by atoms with van der Waals surface area (Å²) in [4.78, 5) is 19.6. The van der Waals surface area contributed by atoms with Crippen molar-refractivity contribution in [3.05, 3.63) is 59.4 Å². The maximum atomic E-state index is 12.6. The molecule has 2 aromatic rings. The number of likely N-dealkylation sites (tertiary alicyclic amines) is 1. The number of hydrogen-bond donors (Lipinski definition) is 0. The maximum absolute atomic E-state index is 12.6. The van der Waals surface area contributed by atoms with Gasteiger partial charge in [-0.15, -0.1) is 11.8 Å². The highest BCUT2D eigenvalue weighted by atomic mass is 32.2. The number of thioether (sulfide) groups is 1. The van der Waals surface area contributed by atoms with Crippen molar-refractivity contribution in [2.75, 3.05) is 13.1 Å². The number of rotatable bonds is 4. The Hall–Kier alpha value is -2.02. The molecule has 0 bridgehead atoms. The van der Waals surface area contributed by atoms with Gasteiger partial charge in [0.05, 0.1) is 11.3 Å². The first-order chi connectivity index (χ1) is 12.8. The molecule has 0 aliphatic carbocycles. The Kier molecular flexibility index (Phi) is 6.09. The van der Waals surface area contributed by atoms with E-state index in [-0.39, 0.29) is 5.91 Å². The molecule has 0 atom stereocenters. The van der Waals surface area contributed by atoms with Gasteiger partial charge in [0.1, 0.15) is 5.69 Å². The van der Waals surface area contributed by atoms with Crippen molar-refractivity contribution in [3.63, 3.8) is 0 Å². The lowest BCUT2D eigenvalue weighted by atomic mass is 9.99. The van der Waals surface area contributed by atoms with Crippen LogP contribution in [0.3, 0.4) is 0 Å². The van der Waals surface area contributed by atoms with Crippen LogP contribution in [0.1, 0.15) is 41.5 Å². The van der Waals surface area contributed by atoms with E-state index >= 15 is 0 Å². The van der Waals surface area contributed by atoms with Crippen molar-refractivity contribution in [1.29, 1.82) is 0 Å². The number of carbonyl (C=O) groups excluding carboxylic acids is 1. The monoisotopic (exact) mass is 394 g/mol. The summed E-state index contributed by atoms with van der Waals surface area (Å²) in [5.41, 5.74) is 0.500. The summed E-state index contributed by atoms with van der Waals surface area (Å²) in [7, 11) is 0.